The van der Waals surface area contributed by atoms with Crippen molar-refractivity contribution in [2.75, 3.05) is 6.54 Å². The van der Waals surface area contributed by atoms with E-state index in [-0.39, 0.29) is 5.91 Å². The standard InChI is InChI=1S/C20H20ClNOS2/c21-15-6-7-16-17(11-15)24-12-14-10-18(25-19(14)16)20(23)22-9-8-13-4-2-1-3-5-13/h4,6-7,10-11H,1-3,5,8-9,12H2,(H,22,23). The van der Waals surface area contributed by atoms with Crippen molar-refractivity contribution in [3.8, 4) is 10.4 Å². The van der Waals surface area contributed by atoms with Crippen molar-refractivity contribution in [2.45, 2.75) is 42.8 Å². The molecule has 130 valence electrons. The van der Waals surface area contributed by atoms with Crippen LogP contribution in [0.15, 0.2) is 40.8 Å². The monoisotopic (exact) mass is 389 g/mol. The summed E-state index contributed by atoms with van der Waals surface area (Å²) in [6.07, 6.45) is 8.31. The van der Waals surface area contributed by atoms with Crippen LogP contribution in [0, 0.1) is 0 Å². The van der Waals surface area contributed by atoms with Crippen molar-refractivity contribution >= 4 is 40.6 Å². The third-order valence-corrected chi connectivity index (χ3v) is 7.27. The fourth-order valence-electron chi connectivity index (χ4n) is 3.39. The number of hydrogen-bond acceptors (Lipinski definition) is 3. The van der Waals surface area contributed by atoms with Gasteiger partial charge in [0.2, 0.25) is 0 Å². The molecule has 0 spiro atoms. The summed E-state index contributed by atoms with van der Waals surface area (Å²) in [5.41, 5.74) is 3.95. The summed E-state index contributed by atoms with van der Waals surface area (Å²) < 4.78 is 0. The summed E-state index contributed by atoms with van der Waals surface area (Å²) in [5.74, 6) is 0.954. The van der Waals surface area contributed by atoms with Crippen LogP contribution in [0.4, 0.5) is 0 Å². The van der Waals surface area contributed by atoms with Crippen LogP contribution in [-0.2, 0) is 5.75 Å². The first kappa shape index (κ1) is 17.2. The molecule has 2 heterocycles. The number of benzene rings is 1. The van der Waals surface area contributed by atoms with E-state index in [1.807, 2.05) is 12.1 Å². The van der Waals surface area contributed by atoms with E-state index in [4.69, 9.17) is 11.6 Å². The SMILES string of the molecule is O=C(NCCC1=CCCCC1)c1cc2c(s1)-c1ccc(Cl)cc1SC2. The number of amides is 1. The molecular formula is C20H20ClNOS2. The van der Waals surface area contributed by atoms with Crippen molar-refractivity contribution in [3.63, 3.8) is 0 Å². The molecule has 4 rings (SSSR count). The second kappa shape index (κ2) is 7.56. The Balaban J connectivity index is 1.44. The molecule has 2 aromatic rings. The van der Waals surface area contributed by atoms with E-state index in [2.05, 4.69) is 23.5 Å². The highest BCUT2D eigenvalue weighted by Gasteiger charge is 2.22. The molecule has 5 heteroatoms. The van der Waals surface area contributed by atoms with Crippen molar-refractivity contribution in [3.05, 3.63) is 51.4 Å². The molecule has 1 aliphatic carbocycles. The van der Waals surface area contributed by atoms with Gasteiger partial charge in [-0.05, 0) is 55.9 Å². The zero-order valence-corrected chi connectivity index (χ0v) is 16.3. The van der Waals surface area contributed by atoms with Crippen molar-refractivity contribution in [1.82, 2.24) is 5.32 Å². The molecule has 0 saturated carbocycles. The minimum Gasteiger partial charge on any atom is -0.351 e. The molecule has 1 aromatic heterocycles. The number of allylic oxidation sites excluding steroid dienone is 1. The number of thioether (sulfide) groups is 1. The lowest BCUT2D eigenvalue weighted by molar-refractivity contribution is 0.0958. The van der Waals surface area contributed by atoms with Gasteiger partial charge in [-0.2, -0.15) is 0 Å². The Morgan fingerprint density at radius 3 is 3.00 bits per heavy atom. The molecule has 0 saturated heterocycles. The number of nitrogens with one attached hydrogen (secondary N) is 1. The maximum atomic E-state index is 12.5. The summed E-state index contributed by atoms with van der Waals surface area (Å²) in [4.78, 5) is 15.8. The molecular weight excluding hydrogens is 370 g/mol. The highest BCUT2D eigenvalue weighted by molar-refractivity contribution is 7.98. The summed E-state index contributed by atoms with van der Waals surface area (Å²) in [6, 6.07) is 8.06. The van der Waals surface area contributed by atoms with Crippen LogP contribution in [0.2, 0.25) is 5.02 Å². The van der Waals surface area contributed by atoms with E-state index in [1.54, 1.807) is 23.1 Å². The van der Waals surface area contributed by atoms with Crippen LogP contribution in [0.1, 0.15) is 47.3 Å². The van der Waals surface area contributed by atoms with Gasteiger partial charge >= 0.3 is 0 Å². The van der Waals surface area contributed by atoms with Gasteiger partial charge in [0, 0.05) is 32.7 Å². The Morgan fingerprint density at radius 1 is 1.24 bits per heavy atom. The molecule has 1 aromatic carbocycles. The quantitative estimate of drug-likeness (QED) is 0.622. The minimum atomic E-state index is 0.0522. The van der Waals surface area contributed by atoms with E-state index in [0.29, 0.717) is 0 Å². The van der Waals surface area contributed by atoms with E-state index >= 15 is 0 Å². The molecule has 1 N–H and O–H groups in total. The number of fused-ring (bicyclic) bond motifs is 3. The predicted molar refractivity (Wildman–Crippen MR) is 108 cm³/mol. The molecule has 0 atom stereocenters. The van der Waals surface area contributed by atoms with Crippen LogP contribution in [0.25, 0.3) is 10.4 Å². The maximum Gasteiger partial charge on any atom is 0.261 e. The number of carbonyl (C=O) groups excluding carboxylic acids is 1. The van der Waals surface area contributed by atoms with Gasteiger partial charge < -0.3 is 5.32 Å². The number of halogens is 1. The second-order valence-electron chi connectivity index (χ2n) is 6.51. The second-order valence-corrected chi connectivity index (χ2v) is 9.01. The minimum absolute atomic E-state index is 0.0522. The first-order chi connectivity index (χ1) is 12.2. The Morgan fingerprint density at radius 2 is 2.16 bits per heavy atom. The fourth-order valence-corrected chi connectivity index (χ4v) is 5.99. The van der Waals surface area contributed by atoms with Gasteiger partial charge in [0.05, 0.1) is 4.88 Å². The van der Waals surface area contributed by atoms with E-state index in [9.17, 15) is 4.79 Å². The van der Waals surface area contributed by atoms with Gasteiger partial charge in [-0.25, -0.2) is 0 Å². The van der Waals surface area contributed by atoms with E-state index in [0.717, 1.165) is 28.6 Å². The predicted octanol–water partition coefficient (Wildman–Crippen LogP) is 6.29. The fraction of sp³-hybridized carbons (Fsp3) is 0.350. The van der Waals surface area contributed by atoms with Gasteiger partial charge in [0.1, 0.15) is 0 Å². The largest absolute Gasteiger partial charge is 0.351 e. The van der Waals surface area contributed by atoms with E-state index < -0.39 is 0 Å². The number of carbonyl (C=O) groups is 1. The molecule has 2 aliphatic rings. The van der Waals surface area contributed by atoms with Crippen molar-refractivity contribution in [1.29, 1.82) is 0 Å². The average molecular weight is 390 g/mol. The molecule has 0 unspecified atom stereocenters. The first-order valence-electron chi connectivity index (χ1n) is 8.72. The molecule has 25 heavy (non-hydrogen) atoms. The van der Waals surface area contributed by atoms with Gasteiger partial charge in [-0.3, -0.25) is 4.79 Å². The molecule has 0 radical (unpaired) electrons. The number of rotatable bonds is 4. The van der Waals surface area contributed by atoms with Gasteiger partial charge in [-0.15, -0.1) is 23.1 Å². The topological polar surface area (TPSA) is 29.1 Å². The van der Waals surface area contributed by atoms with Gasteiger partial charge in [-0.1, -0.05) is 29.3 Å². The first-order valence-corrected chi connectivity index (χ1v) is 10.9. The summed E-state index contributed by atoms with van der Waals surface area (Å²) in [6.45, 7) is 0.730. The molecule has 2 nitrogen and oxygen atoms in total. The van der Waals surface area contributed by atoms with Gasteiger partial charge in [0.15, 0.2) is 0 Å². The Kier molecular flexibility index (Phi) is 5.20. The summed E-state index contributed by atoms with van der Waals surface area (Å²) in [7, 11) is 0. The Hall–Kier alpha value is -1.23. The lowest BCUT2D eigenvalue weighted by Crippen LogP contribution is -2.24. The maximum absolute atomic E-state index is 12.5. The van der Waals surface area contributed by atoms with E-state index in [1.165, 1.54) is 52.2 Å². The average Bonchev–Trinajstić information content (AvgIpc) is 3.07. The number of hydrogen-bond donors (Lipinski definition) is 1. The zero-order chi connectivity index (χ0) is 17.2. The van der Waals surface area contributed by atoms with Gasteiger partial charge in [0.25, 0.3) is 5.91 Å². The van der Waals surface area contributed by atoms with Crippen LogP contribution < -0.4 is 5.32 Å². The van der Waals surface area contributed by atoms with Crippen LogP contribution in [0.3, 0.4) is 0 Å². The highest BCUT2D eigenvalue weighted by atomic mass is 35.5. The third-order valence-electron chi connectivity index (χ3n) is 4.72. The van der Waals surface area contributed by atoms with Crippen molar-refractivity contribution < 1.29 is 4.79 Å². The molecule has 0 fully saturated rings. The molecule has 0 bridgehead atoms. The summed E-state index contributed by atoms with van der Waals surface area (Å²) in [5, 5.41) is 3.86. The van der Waals surface area contributed by atoms with Crippen LogP contribution in [-0.4, -0.2) is 12.5 Å². The third kappa shape index (κ3) is 3.81. The van der Waals surface area contributed by atoms with Crippen LogP contribution >= 0.6 is 34.7 Å². The van der Waals surface area contributed by atoms with Crippen LogP contribution in [0.5, 0.6) is 0 Å². The van der Waals surface area contributed by atoms with Crippen molar-refractivity contribution in [2.24, 2.45) is 0 Å². The zero-order valence-electron chi connectivity index (χ0n) is 13.9. The Bertz CT molecular complexity index is 840. The normalized spacial score (nSPS) is 16.0. The summed E-state index contributed by atoms with van der Waals surface area (Å²) >= 11 is 9.49. The highest BCUT2D eigenvalue weighted by Crippen LogP contribution is 2.46. The molecule has 1 aliphatic heterocycles. The lowest BCUT2D eigenvalue weighted by atomic mass is 9.97. The smallest absolute Gasteiger partial charge is 0.261 e. The number of thiophene rings is 1. The molecule has 1 amide bonds. The lowest BCUT2D eigenvalue weighted by Gasteiger charge is -2.15. The Labute approximate surface area is 161 Å².